The van der Waals surface area contributed by atoms with Gasteiger partial charge in [-0.1, -0.05) is 95.5 Å². The van der Waals surface area contributed by atoms with Crippen molar-refractivity contribution >= 4 is 45.8 Å². The van der Waals surface area contributed by atoms with Gasteiger partial charge < -0.3 is 28.3 Å². The molecule has 12 heteroatoms. The van der Waals surface area contributed by atoms with E-state index >= 15 is 0 Å². The second-order valence-electron chi connectivity index (χ2n) is 13.7. The molecule has 302 valence electrons. The van der Waals surface area contributed by atoms with Gasteiger partial charge in [0.25, 0.3) is 0 Å². The van der Waals surface area contributed by atoms with E-state index in [0.717, 1.165) is 22.3 Å². The molecule has 0 amide bonds. The van der Waals surface area contributed by atoms with Crippen LogP contribution in [0.1, 0.15) is 27.8 Å². The van der Waals surface area contributed by atoms with Crippen molar-refractivity contribution in [1.29, 1.82) is 0 Å². The third kappa shape index (κ3) is 8.26. The molecule has 7 rings (SSSR count). The first-order valence-corrected chi connectivity index (χ1v) is 19.8. The van der Waals surface area contributed by atoms with E-state index in [2.05, 4.69) is 16.5 Å². The lowest BCUT2D eigenvalue weighted by Crippen LogP contribution is -2.38. The molecule has 0 fully saturated rings. The van der Waals surface area contributed by atoms with Crippen molar-refractivity contribution in [3.8, 4) is 34.2 Å². The minimum Gasteiger partial charge on any atom is -0.497 e. The Kier molecular flexibility index (Phi) is 12.9. The maximum atomic E-state index is 14.1. The molecule has 8 nitrogen and oxygen atoms in total. The third-order valence-corrected chi connectivity index (χ3v) is 11.3. The van der Waals surface area contributed by atoms with E-state index in [1.165, 1.54) is 18.5 Å². The van der Waals surface area contributed by atoms with Crippen molar-refractivity contribution in [2.24, 2.45) is 0 Å². The predicted molar refractivity (Wildman–Crippen MR) is 232 cm³/mol. The van der Waals surface area contributed by atoms with Gasteiger partial charge in [-0.3, -0.25) is 0 Å². The summed E-state index contributed by atoms with van der Waals surface area (Å²) in [6, 6.07) is 33.6. The van der Waals surface area contributed by atoms with Crippen LogP contribution in [0.3, 0.4) is 0 Å². The lowest BCUT2D eigenvalue weighted by atomic mass is 9.80. The number of halogens is 4. The Morgan fingerprint density at radius 2 is 1.34 bits per heavy atom. The van der Waals surface area contributed by atoms with Crippen molar-refractivity contribution < 1.29 is 28.1 Å². The predicted octanol–water partition coefficient (Wildman–Crippen LogP) is 11.8. The van der Waals surface area contributed by atoms with Crippen LogP contribution in [0.5, 0.6) is 17.2 Å². The number of rotatable bonds is 16. The van der Waals surface area contributed by atoms with Crippen molar-refractivity contribution in [3.05, 3.63) is 177 Å². The molecule has 5 aromatic carbocycles. The van der Waals surface area contributed by atoms with Crippen LogP contribution in [0.25, 0.3) is 28.0 Å². The molecule has 0 bridgehead atoms. The molecule has 0 saturated carbocycles. The SMILES string of the molecule is C=CCOC[C@H](COC(c1ccccc1)(c1ccc(OC)cc1)c1ccc(OC)cc1)Oc1c(Cl)c(C)c(-n2c(-c3ccc(F)cc3)cc3ncnc(Cl)c32)c(C)c1Cl. The summed E-state index contributed by atoms with van der Waals surface area (Å²) in [6.07, 6.45) is 2.34. The quantitative estimate of drug-likeness (QED) is 0.0415. The van der Waals surface area contributed by atoms with Gasteiger partial charge >= 0.3 is 0 Å². The van der Waals surface area contributed by atoms with Crippen LogP contribution in [0.2, 0.25) is 15.2 Å². The molecular weight excluding hydrogens is 812 g/mol. The van der Waals surface area contributed by atoms with Gasteiger partial charge in [0.1, 0.15) is 40.9 Å². The zero-order valence-corrected chi connectivity index (χ0v) is 35.1. The molecule has 0 saturated heterocycles. The van der Waals surface area contributed by atoms with Gasteiger partial charge in [-0.05, 0) is 102 Å². The Balaban J connectivity index is 1.33. The molecule has 0 aliphatic heterocycles. The van der Waals surface area contributed by atoms with Gasteiger partial charge in [0.05, 0.1) is 61.0 Å². The molecule has 0 N–H and O–H groups in total. The minimum atomic E-state index is -1.13. The first kappa shape index (κ1) is 41.7. The molecule has 0 radical (unpaired) electrons. The van der Waals surface area contributed by atoms with Gasteiger partial charge in [0.15, 0.2) is 10.9 Å². The number of hydrogen-bond acceptors (Lipinski definition) is 7. The Bertz CT molecular complexity index is 2490. The average Bonchev–Trinajstić information content (AvgIpc) is 3.65. The highest BCUT2D eigenvalue weighted by Gasteiger charge is 2.39. The van der Waals surface area contributed by atoms with E-state index in [4.69, 9.17) is 58.5 Å². The summed E-state index contributed by atoms with van der Waals surface area (Å²) < 4.78 is 47.0. The topological polar surface area (TPSA) is 76.9 Å². The fraction of sp³-hybridized carbons (Fsp3) is 0.191. The maximum Gasteiger partial charge on any atom is 0.157 e. The highest BCUT2D eigenvalue weighted by molar-refractivity contribution is 6.39. The van der Waals surface area contributed by atoms with E-state index in [-0.39, 0.29) is 46.6 Å². The highest BCUT2D eigenvalue weighted by Crippen LogP contribution is 2.47. The number of nitrogens with zero attached hydrogens (tertiary/aromatic N) is 3. The summed E-state index contributed by atoms with van der Waals surface area (Å²) in [6.45, 7) is 7.98. The molecule has 0 aliphatic rings. The largest absolute Gasteiger partial charge is 0.497 e. The fourth-order valence-electron chi connectivity index (χ4n) is 7.28. The monoisotopic (exact) mass is 851 g/mol. The van der Waals surface area contributed by atoms with Gasteiger partial charge in [0, 0.05) is 0 Å². The Labute approximate surface area is 357 Å². The summed E-state index contributed by atoms with van der Waals surface area (Å²) in [5, 5.41) is 0.759. The van der Waals surface area contributed by atoms with E-state index in [0.29, 0.717) is 45.0 Å². The van der Waals surface area contributed by atoms with E-state index in [9.17, 15) is 4.39 Å². The van der Waals surface area contributed by atoms with Gasteiger partial charge in [-0.15, -0.1) is 6.58 Å². The molecule has 7 aromatic rings. The van der Waals surface area contributed by atoms with Gasteiger partial charge in [0.2, 0.25) is 0 Å². The number of benzene rings is 5. The summed E-state index contributed by atoms with van der Waals surface area (Å²) in [7, 11) is 3.26. The first-order valence-electron chi connectivity index (χ1n) is 18.7. The molecule has 2 aromatic heterocycles. The standard InChI is InChI=1S/C47H41Cl3FN3O5/c1-6-24-57-26-38(27-58-47(32-10-8-7-9-11-32,33-14-20-36(55-4)21-15-33)34-16-22-37(56-5)23-17-34)59-45-41(48)29(2)43(30(3)42(45)49)54-40(31-12-18-35(51)19-13-31)25-39-44(54)46(50)53-28-52-39/h6-23,25,28,38H,1,24,26-27H2,2-5H3/t38-/m1/s1. The zero-order valence-electron chi connectivity index (χ0n) is 32.8. The van der Waals surface area contributed by atoms with Crippen LogP contribution in [-0.2, 0) is 15.1 Å². The lowest BCUT2D eigenvalue weighted by molar-refractivity contribution is -0.0523. The minimum absolute atomic E-state index is 0.0283. The van der Waals surface area contributed by atoms with Gasteiger partial charge in [-0.2, -0.15) is 0 Å². The van der Waals surface area contributed by atoms with Crippen molar-refractivity contribution in [2.75, 3.05) is 34.0 Å². The van der Waals surface area contributed by atoms with Crippen molar-refractivity contribution in [1.82, 2.24) is 14.5 Å². The Hall–Kier alpha value is -5.42. The van der Waals surface area contributed by atoms with Crippen molar-refractivity contribution in [2.45, 2.75) is 25.6 Å². The molecule has 59 heavy (non-hydrogen) atoms. The van der Waals surface area contributed by atoms with Gasteiger partial charge in [-0.25, -0.2) is 14.4 Å². The summed E-state index contributed by atoms with van der Waals surface area (Å²) >= 11 is 21.3. The van der Waals surface area contributed by atoms with Crippen LogP contribution < -0.4 is 14.2 Å². The van der Waals surface area contributed by atoms with Crippen LogP contribution >= 0.6 is 34.8 Å². The normalized spacial score (nSPS) is 12.1. The summed E-state index contributed by atoms with van der Waals surface area (Å²) in [5.74, 6) is 1.30. The fourth-order valence-corrected chi connectivity index (χ4v) is 8.02. The molecule has 0 spiro atoms. The first-order chi connectivity index (χ1) is 28.6. The molecular formula is C47H41Cl3FN3O5. The molecule has 1 atom stereocenters. The molecule has 0 unspecified atom stereocenters. The Morgan fingerprint density at radius 3 is 1.90 bits per heavy atom. The lowest BCUT2D eigenvalue weighted by Gasteiger charge is -2.37. The van der Waals surface area contributed by atoms with E-state index in [1.54, 1.807) is 32.4 Å². The summed E-state index contributed by atoms with van der Waals surface area (Å²) in [5.41, 5.74) is 5.93. The number of fused-ring (bicyclic) bond motifs is 1. The van der Waals surface area contributed by atoms with Crippen LogP contribution in [0.15, 0.2) is 128 Å². The number of ether oxygens (including phenoxy) is 5. The van der Waals surface area contributed by atoms with Crippen LogP contribution in [-0.4, -0.2) is 54.7 Å². The maximum absolute atomic E-state index is 14.1. The smallest absolute Gasteiger partial charge is 0.157 e. The average molecular weight is 853 g/mol. The van der Waals surface area contributed by atoms with Crippen LogP contribution in [0, 0.1) is 19.7 Å². The molecule has 2 heterocycles. The Morgan fingerprint density at radius 1 is 0.763 bits per heavy atom. The second-order valence-corrected chi connectivity index (χ2v) is 14.8. The third-order valence-electron chi connectivity index (χ3n) is 10.2. The van der Waals surface area contributed by atoms with E-state index in [1.807, 2.05) is 103 Å². The molecule has 0 aliphatic carbocycles. The number of hydrogen-bond donors (Lipinski definition) is 0. The highest BCUT2D eigenvalue weighted by atomic mass is 35.5. The van der Waals surface area contributed by atoms with Crippen molar-refractivity contribution in [3.63, 3.8) is 0 Å². The second kappa shape index (κ2) is 18.2. The summed E-state index contributed by atoms with van der Waals surface area (Å²) in [4.78, 5) is 8.75. The number of methoxy groups -OCH3 is 2. The number of aromatic nitrogens is 3. The van der Waals surface area contributed by atoms with Crippen LogP contribution in [0.4, 0.5) is 4.39 Å². The van der Waals surface area contributed by atoms with E-state index < -0.39 is 11.7 Å². The zero-order chi connectivity index (χ0) is 41.7.